The number of carbonyl (C=O) groups is 1. The summed E-state index contributed by atoms with van der Waals surface area (Å²) in [6.07, 6.45) is 0.653. The summed E-state index contributed by atoms with van der Waals surface area (Å²) in [5.74, 6) is 0. The minimum absolute atomic E-state index is 0.00429. The maximum absolute atomic E-state index is 12.9. The van der Waals surface area contributed by atoms with Gasteiger partial charge in [0.15, 0.2) is 0 Å². The molecule has 1 heterocycles. The number of fused-ring (bicyclic) bond motifs is 1. The molecule has 148 valence electrons. The fourth-order valence-electron chi connectivity index (χ4n) is 3.63. The lowest BCUT2D eigenvalue weighted by molar-refractivity contribution is 0.256. The van der Waals surface area contributed by atoms with E-state index in [-0.39, 0.29) is 17.0 Å². The van der Waals surface area contributed by atoms with Gasteiger partial charge in [-0.05, 0) is 54.3 Å². The molecule has 29 heavy (non-hydrogen) atoms. The van der Waals surface area contributed by atoms with Gasteiger partial charge in [0.2, 0.25) is 10.0 Å². The molecule has 0 bridgehead atoms. The highest BCUT2D eigenvalue weighted by molar-refractivity contribution is 7.89. The Bertz CT molecular complexity index is 1160. The maximum Gasteiger partial charge on any atom is 0.326 e. The van der Waals surface area contributed by atoms with E-state index in [1.807, 2.05) is 61.5 Å². The van der Waals surface area contributed by atoms with Gasteiger partial charge in [0.05, 0.1) is 10.6 Å². The Balaban J connectivity index is 1.56. The molecule has 0 saturated carbocycles. The lowest BCUT2D eigenvalue weighted by Gasteiger charge is -2.23. The van der Waals surface area contributed by atoms with Crippen molar-refractivity contribution in [1.82, 2.24) is 0 Å². The van der Waals surface area contributed by atoms with Crippen LogP contribution in [0.25, 0.3) is 11.1 Å². The van der Waals surface area contributed by atoms with Crippen molar-refractivity contribution in [2.45, 2.75) is 24.3 Å². The fourth-order valence-corrected chi connectivity index (χ4v) is 4.17. The molecule has 1 atom stereocenters. The van der Waals surface area contributed by atoms with Crippen molar-refractivity contribution >= 4 is 27.4 Å². The molecule has 0 aliphatic carbocycles. The number of amides is 2. The van der Waals surface area contributed by atoms with E-state index < -0.39 is 10.0 Å². The fraction of sp³-hybridized carbons (Fsp3) is 0.136. The van der Waals surface area contributed by atoms with E-state index in [9.17, 15) is 13.2 Å². The summed E-state index contributed by atoms with van der Waals surface area (Å²) in [5.41, 5.74) is 4.31. The molecule has 0 radical (unpaired) electrons. The molecular formula is C22H21N3O3S. The van der Waals surface area contributed by atoms with E-state index in [2.05, 4.69) is 5.32 Å². The zero-order valence-corrected chi connectivity index (χ0v) is 16.7. The van der Waals surface area contributed by atoms with E-state index >= 15 is 0 Å². The van der Waals surface area contributed by atoms with Gasteiger partial charge in [0.25, 0.3) is 0 Å². The number of sulfonamides is 1. The summed E-state index contributed by atoms with van der Waals surface area (Å²) in [6, 6.07) is 21.8. The van der Waals surface area contributed by atoms with Crippen molar-refractivity contribution in [2.75, 3.05) is 10.2 Å². The molecule has 0 saturated heterocycles. The van der Waals surface area contributed by atoms with Crippen LogP contribution in [0.2, 0.25) is 0 Å². The Morgan fingerprint density at radius 1 is 1.00 bits per heavy atom. The van der Waals surface area contributed by atoms with E-state index in [0.717, 1.165) is 16.7 Å². The van der Waals surface area contributed by atoms with Crippen LogP contribution in [0.15, 0.2) is 77.7 Å². The topological polar surface area (TPSA) is 92.5 Å². The highest BCUT2D eigenvalue weighted by atomic mass is 32.2. The van der Waals surface area contributed by atoms with Crippen LogP contribution in [0.1, 0.15) is 12.5 Å². The molecule has 7 heteroatoms. The van der Waals surface area contributed by atoms with Crippen LogP contribution in [0, 0.1) is 0 Å². The zero-order chi connectivity index (χ0) is 20.6. The number of nitrogens with two attached hydrogens (primary N) is 1. The number of hydrogen-bond acceptors (Lipinski definition) is 3. The Labute approximate surface area is 170 Å². The summed E-state index contributed by atoms with van der Waals surface area (Å²) in [7, 11) is -3.84. The second-order valence-electron chi connectivity index (χ2n) is 7.13. The number of carbonyl (C=O) groups excluding carboxylic acids is 1. The van der Waals surface area contributed by atoms with Crippen molar-refractivity contribution in [2.24, 2.45) is 5.14 Å². The van der Waals surface area contributed by atoms with Crippen molar-refractivity contribution in [3.63, 3.8) is 0 Å². The van der Waals surface area contributed by atoms with Gasteiger partial charge in [-0.25, -0.2) is 18.4 Å². The average Bonchev–Trinajstić information content (AvgIpc) is 3.03. The third-order valence-electron chi connectivity index (χ3n) is 5.06. The molecule has 3 N–H and O–H groups in total. The standard InChI is InChI=1S/C22H21N3O3S/c1-15-13-18-9-12-20(29(23,27)28)14-21(18)25(15)22(26)24-19-10-7-17(8-11-19)16-5-3-2-4-6-16/h2-12,14-15H,13H2,1H3,(H,24,26)(H2,23,27,28). The number of urea groups is 1. The highest BCUT2D eigenvalue weighted by Crippen LogP contribution is 2.34. The van der Waals surface area contributed by atoms with Gasteiger partial charge < -0.3 is 5.32 Å². The van der Waals surface area contributed by atoms with Crippen molar-refractivity contribution in [3.05, 3.63) is 78.4 Å². The van der Waals surface area contributed by atoms with Crippen LogP contribution in [-0.2, 0) is 16.4 Å². The average molecular weight is 407 g/mol. The van der Waals surface area contributed by atoms with Gasteiger partial charge in [-0.2, -0.15) is 0 Å². The number of primary sulfonamides is 1. The summed E-state index contributed by atoms with van der Waals surface area (Å²) >= 11 is 0. The normalized spacial score (nSPS) is 15.8. The molecule has 0 spiro atoms. The SMILES string of the molecule is CC1Cc2ccc(S(N)(=O)=O)cc2N1C(=O)Nc1ccc(-c2ccccc2)cc1. The lowest BCUT2D eigenvalue weighted by atomic mass is 10.1. The van der Waals surface area contributed by atoms with Crippen molar-refractivity contribution in [3.8, 4) is 11.1 Å². The number of anilines is 2. The molecule has 0 aromatic heterocycles. The first-order valence-electron chi connectivity index (χ1n) is 9.24. The summed E-state index contributed by atoms with van der Waals surface area (Å²) in [6.45, 7) is 1.93. The first-order chi connectivity index (χ1) is 13.8. The van der Waals surface area contributed by atoms with Crippen LogP contribution < -0.4 is 15.4 Å². The Kier molecular flexibility index (Phi) is 4.86. The number of rotatable bonds is 3. The number of nitrogens with zero attached hydrogens (tertiary/aromatic N) is 1. The molecule has 1 aliphatic heterocycles. The second kappa shape index (κ2) is 7.35. The predicted molar refractivity (Wildman–Crippen MR) is 114 cm³/mol. The van der Waals surface area contributed by atoms with E-state index in [1.165, 1.54) is 12.1 Å². The number of nitrogens with one attached hydrogen (secondary N) is 1. The van der Waals surface area contributed by atoms with Crippen LogP contribution >= 0.6 is 0 Å². The van der Waals surface area contributed by atoms with Gasteiger partial charge in [0.1, 0.15) is 0 Å². The molecule has 2 amide bonds. The Morgan fingerprint density at radius 2 is 1.66 bits per heavy atom. The third-order valence-corrected chi connectivity index (χ3v) is 5.97. The molecule has 3 aromatic rings. The first kappa shape index (κ1) is 19.2. The second-order valence-corrected chi connectivity index (χ2v) is 8.69. The molecule has 0 fully saturated rings. The van der Waals surface area contributed by atoms with Crippen LogP contribution in [0.5, 0.6) is 0 Å². The Hall–Kier alpha value is -3.16. The first-order valence-corrected chi connectivity index (χ1v) is 10.8. The molecule has 4 rings (SSSR count). The molecule has 3 aromatic carbocycles. The number of benzene rings is 3. The molecule has 1 unspecified atom stereocenters. The summed E-state index contributed by atoms with van der Waals surface area (Å²) < 4.78 is 23.4. The largest absolute Gasteiger partial charge is 0.326 e. The van der Waals surface area contributed by atoms with Crippen molar-refractivity contribution in [1.29, 1.82) is 0 Å². The van der Waals surface area contributed by atoms with Crippen molar-refractivity contribution < 1.29 is 13.2 Å². The maximum atomic E-state index is 12.9. The van der Waals surface area contributed by atoms with Crippen LogP contribution in [-0.4, -0.2) is 20.5 Å². The summed E-state index contributed by atoms with van der Waals surface area (Å²) in [5, 5.41) is 8.14. The highest BCUT2D eigenvalue weighted by Gasteiger charge is 2.32. The minimum atomic E-state index is -3.84. The van der Waals surface area contributed by atoms with E-state index in [1.54, 1.807) is 11.0 Å². The van der Waals surface area contributed by atoms with Gasteiger partial charge >= 0.3 is 6.03 Å². The lowest BCUT2D eigenvalue weighted by Crippen LogP contribution is -2.39. The van der Waals surface area contributed by atoms with Gasteiger partial charge in [-0.15, -0.1) is 0 Å². The van der Waals surface area contributed by atoms with Crippen LogP contribution in [0.4, 0.5) is 16.2 Å². The minimum Gasteiger partial charge on any atom is -0.308 e. The van der Waals surface area contributed by atoms with Crippen LogP contribution in [0.3, 0.4) is 0 Å². The quantitative estimate of drug-likeness (QED) is 0.688. The smallest absolute Gasteiger partial charge is 0.308 e. The van der Waals surface area contributed by atoms with E-state index in [4.69, 9.17) is 5.14 Å². The van der Waals surface area contributed by atoms with Gasteiger partial charge in [-0.3, -0.25) is 4.90 Å². The molecular weight excluding hydrogens is 386 g/mol. The predicted octanol–water partition coefficient (Wildman–Crippen LogP) is 3.98. The molecule has 1 aliphatic rings. The number of hydrogen-bond donors (Lipinski definition) is 2. The zero-order valence-electron chi connectivity index (χ0n) is 15.9. The Morgan fingerprint density at radius 3 is 2.31 bits per heavy atom. The van der Waals surface area contributed by atoms with Gasteiger partial charge in [-0.1, -0.05) is 48.5 Å². The molecule has 6 nitrogen and oxygen atoms in total. The monoisotopic (exact) mass is 407 g/mol. The van der Waals surface area contributed by atoms with E-state index in [0.29, 0.717) is 17.8 Å². The van der Waals surface area contributed by atoms with Gasteiger partial charge in [0, 0.05) is 11.7 Å². The third kappa shape index (κ3) is 3.87. The summed E-state index contributed by atoms with van der Waals surface area (Å²) in [4.78, 5) is 14.5.